The van der Waals surface area contributed by atoms with E-state index in [-0.39, 0.29) is 24.0 Å². The van der Waals surface area contributed by atoms with Crippen LogP contribution in [0.2, 0.25) is 0 Å². The van der Waals surface area contributed by atoms with Crippen LogP contribution in [0.3, 0.4) is 0 Å². The Morgan fingerprint density at radius 2 is 1.69 bits per heavy atom. The van der Waals surface area contributed by atoms with Gasteiger partial charge in [-0.2, -0.15) is 0 Å². The lowest BCUT2D eigenvalue weighted by molar-refractivity contribution is -0.0554. The minimum absolute atomic E-state index is 0.136. The molecule has 1 amide bonds. The second-order valence-corrected chi connectivity index (χ2v) is 12.3. The smallest absolute Gasteiger partial charge is 0.410 e. The number of amides is 1. The molecule has 3 atom stereocenters. The first-order chi connectivity index (χ1) is 17.1. The van der Waals surface area contributed by atoms with Crippen molar-refractivity contribution in [1.82, 2.24) is 4.90 Å². The Balaban J connectivity index is 1.63. The van der Waals surface area contributed by atoms with Gasteiger partial charge in [0, 0.05) is 16.9 Å². The molecule has 36 heavy (non-hydrogen) atoms. The largest absolute Gasteiger partial charge is 0.444 e. The number of ether oxygens (including phenoxy) is 2. The van der Waals surface area contributed by atoms with E-state index >= 15 is 0 Å². The van der Waals surface area contributed by atoms with Gasteiger partial charge in [-0.15, -0.1) is 0 Å². The van der Waals surface area contributed by atoms with Crippen LogP contribution in [0.4, 0.5) is 4.79 Å². The molecule has 1 heterocycles. The van der Waals surface area contributed by atoms with E-state index in [2.05, 4.69) is 96.5 Å². The Morgan fingerprint density at radius 3 is 2.36 bits per heavy atom. The quantitative estimate of drug-likeness (QED) is 0.310. The molecule has 3 unspecified atom stereocenters. The standard InChI is InChI=1S/C31H38BrNO3/c1-21(2)16-26-18-33(30(34)36-31(3,4)5)19-28(29(26)24-12-14-27(32)15-13-24)35-20-22-10-11-23-8-6-7-9-25(23)17-22/h6-15,17,21,26,28-29H,16,18-20H2,1-5H3. The third-order valence-electron chi connectivity index (χ3n) is 6.72. The zero-order chi connectivity index (χ0) is 25.9. The number of rotatable bonds is 6. The highest BCUT2D eigenvalue weighted by molar-refractivity contribution is 9.10. The van der Waals surface area contributed by atoms with Crippen LogP contribution in [0.5, 0.6) is 0 Å². The molecule has 3 aromatic rings. The normalized spacial score (nSPS) is 20.6. The van der Waals surface area contributed by atoms with Gasteiger partial charge in [0.05, 0.1) is 19.3 Å². The number of likely N-dealkylation sites (tertiary alicyclic amines) is 1. The molecule has 0 radical (unpaired) electrons. The number of piperidine rings is 1. The Hall–Kier alpha value is -2.37. The molecule has 4 rings (SSSR count). The molecule has 1 aliphatic heterocycles. The van der Waals surface area contributed by atoms with Crippen molar-refractivity contribution < 1.29 is 14.3 Å². The Labute approximate surface area is 224 Å². The Kier molecular flexibility index (Phi) is 8.41. The van der Waals surface area contributed by atoms with Crippen LogP contribution >= 0.6 is 15.9 Å². The molecule has 1 saturated heterocycles. The molecule has 4 nitrogen and oxygen atoms in total. The van der Waals surface area contributed by atoms with Gasteiger partial charge >= 0.3 is 6.09 Å². The van der Waals surface area contributed by atoms with Gasteiger partial charge in [0.2, 0.25) is 0 Å². The highest BCUT2D eigenvalue weighted by Crippen LogP contribution is 2.39. The highest BCUT2D eigenvalue weighted by Gasteiger charge is 2.41. The number of nitrogens with zero attached hydrogens (tertiary/aromatic N) is 1. The van der Waals surface area contributed by atoms with Crippen molar-refractivity contribution in [3.63, 3.8) is 0 Å². The number of halogens is 1. The summed E-state index contributed by atoms with van der Waals surface area (Å²) in [7, 11) is 0. The number of hydrogen-bond donors (Lipinski definition) is 0. The van der Waals surface area contributed by atoms with Crippen LogP contribution in [0.1, 0.15) is 58.1 Å². The minimum Gasteiger partial charge on any atom is -0.444 e. The summed E-state index contributed by atoms with van der Waals surface area (Å²) < 4.78 is 13.5. The molecule has 0 aromatic heterocycles. The maximum Gasteiger partial charge on any atom is 0.410 e. The fourth-order valence-electron chi connectivity index (χ4n) is 5.27. The topological polar surface area (TPSA) is 38.8 Å². The number of fused-ring (bicyclic) bond motifs is 1. The van der Waals surface area contributed by atoms with Gasteiger partial charge in [-0.05, 0) is 79.1 Å². The van der Waals surface area contributed by atoms with Crippen LogP contribution in [0, 0.1) is 11.8 Å². The highest BCUT2D eigenvalue weighted by atomic mass is 79.9. The maximum atomic E-state index is 13.1. The van der Waals surface area contributed by atoms with Crippen LogP contribution in [-0.2, 0) is 16.1 Å². The van der Waals surface area contributed by atoms with Gasteiger partial charge < -0.3 is 14.4 Å². The predicted octanol–water partition coefficient (Wildman–Crippen LogP) is 8.18. The lowest BCUT2D eigenvalue weighted by Crippen LogP contribution is -2.52. The minimum atomic E-state index is -0.533. The lowest BCUT2D eigenvalue weighted by atomic mass is 9.75. The van der Waals surface area contributed by atoms with Gasteiger partial charge in [0.1, 0.15) is 5.60 Å². The summed E-state index contributed by atoms with van der Waals surface area (Å²) in [5.74, 6) is 0.973. The molecule has 0 spiro atoms. The number of carbonyl (C=O) groups is 1. The molecule has 192 valence electrons. The fraction of sp³-hybridized carbons (Fsp3) is 0.452. The zero-order valence-electron chi connectivity index (χ0n) is 22.0. The first-order valence-corrected chi connectivity index (χ1v) is 13.7. The molecule has 0 bridgehead atoms. The van der Waals surface area contributed by atoms with Crippen molar-refractivity contribution in [2.75, 3.05) is 13.1 Å². The lowest BCUT2D eigenvalue weighted by Gasteiger charge is -2.44. The SMILES string of the molecule is CC(C)CC1CN(C(=O)OC(C)(C)C)CC(OCc2ccc3ccccc3c2)C1c1ccc(Br)cc1. The second kappa shape index (κ2) is 11.4. The van der Waals surface area contributed by atoms with Gasteiger partial charge in [0.15, 0.2) is 0 Å². The maximum absolute atomic E-state index is 13.1. The first kappa shape index (κ1) is 26.7. The summed E-state index contributed by atoms with van der Waals surface area (Å²) in [6.45, 7) is 11.9. The summed E-state index contributed by atoms with van der Waals surface area (Å²) in [5, 5.41) is 2.43. The molecule has 1 aliphatic rings. The molecule has 0 saturated carbocycles. The van der Waals surface area contributed by atoms with Gasteiger partial charge in [-0.25, -0.2) is 4.79 Å². The van der Waals surface area contributed by atoms with E-state index in [1.165, 1.54) is 16.3 Å². The third kappa shape index (κ3) is 6.89. The summed E-state index contributed by atoms with van der Waals surface area (Å²) in [6.07, 6.45) is 0.614. The van der Waals surface area contributed by atoms with Crippen molar-refractivity contribution in [3.05, 3.63) is 82.3 Å². The van der Waals surface area contributed by atoms with Crippen LogP contribution in [0.25, 0.3) is 10.8 Å². The van der Waals surface area contributed by atoms with Gasteiger partial charge in [0.25, 0.3) is 0 Å². The van der Waals surface area contributed by atoms with E-state index in [0.717, 1.165) is 16.5 Å². The summed E-state index contributed by atoms with van der Waals surface area (Å²) >= 11 is 3.58. The zero-order valence-corrected chi connectivity index (χ0v) is 23.6. The van der Waals surface area contributed by atoms with Crippen LogP contribution < -0.4 is 0 Å². The second-order valence-electron chi connectivity index (χ2n) is 11.4. The summed E-state index contributed by atoms with van der Waals surface area (Å²) in [5.41, 5.74) is 1.86. The van der Waals surface area contributed by atoms with Crippen LogP contribution in [0.15, 0.2) is 71.2 Å². The molecular formula is C31H38BrNO3. The molecule has 1 fully saturated rings. The van der Waals surface area contributed by atoms with Crippen molar-refractivity contribution in [2.24, 2.45) is 11.8 Å². The van der Waals surface area contributed by atoms with E-state index in [9.17, 15) is 4.79 Å². The van der Waals surface area contributed by atoms with E-state index in [4.69, 9.17) is 9.47 Å². The van der Waals surface area contributed by atoms with E-state index in [1.54, 1.807) is 0 Å². The van der Waals surface area contributed by atoms with E-state index in [1.807, 2.05) is 25.7 Å². The average molecular weight is 553 g/mol. The monoisotopic (exact) mass is 551 g/mol. The molecule has 0 N–H and O–H groups in total. The molecule has 5 heteroatoms. The number of hydrogen-bond acceptors (Lipinski definition) is 3. The molecule has 0 aliphatic carbocycles. The van der Waals surface area contributed by atoms with Crippen molar-refractivity contribution in [2.45, 2.75) is 65.3 Å². The number of carbonyl (C=O) groups excluding carboxylic acids is 1. The summed E-state index contributed by atoms with van der Waals surface area (Å²) in [4.78, 5) is 15.0. The third-order valence-corrected chi connectivity index (χ3v) is 7.25. The van der Waals surface area contributed by atoms with Crippen molar-refractivity contribution in [3.8, 4) is 0 Å². The average Bonchev–Trinajstić information content (AvgIpc) is 2.81. The van der Waals surface area contributed by atoms with Crippen molar-refractivity contribution in [1.29, 1.82) is 0 Å². The molecular weight excluding hydrogens is 514 g/mol. The van der Waals surface area contributed by atoms with Crippen LogP contribution in [-0.4, -0.2) is 35.8 Å². The summed E-state index contributed by atoms with van der Waals surface area (Å²) in [6, 6.07) is 23.4. The van der Waals surface area contributed by atoms with Crippen molar-refractivity contribution >= 4 is 32.8 Å². The fourth-order valence-corrected chi connectivity index (χ4v) is 5.53. The molecule has 3 aromatic carbocycles. The first-order valence-electron chi connectivity index (χ1n) is 12.9. The van der Waals surface area contributed by atoms with Gasteiger partial charge in [-0.1, -0.05) is 78.3 Å². The van der Waals surface area contributed by atoms with E-state index in [0.29, 0.717) is 25.6 Å². The van der Waals surface area contributed by atoms with Gasteiger partial charge in [-0.3, -0.25) is 0 Å². The Morgan fingerprint density at radius 1 is 1.00 bits per heavy atom. The van der Waals surface area contributed by atoms with E-state index < -0.39 is 5.60 Å². The Bertz CT molecular complexity index is 1170. The predicted molar refractivity (Wildman–Crippen MR) is 150 cm³/mol. The number of benzene rings is 3.